The highest BCUT2D eigenvalue weighted by atomic mass is 16.5. The Bertz CT molecular complexity index is 1150. The van der Waals surface area contributed by atoms with Gasteiger partial charge in [-0.25, -0.2) is 0 Å². The van der Waals surface area contributed by atoms with Crippen molar-refractivity contribution in [2.24, 2.45) is 0 Å². The Morgan fingerprint density at radius 2 is 1.71 bits per heavy atom. The number of anilines is 1. The maximum atomic E-state index is 12.8. The summed E-state index contributed by atoms with van der Waals surface area (Å²) in [7, 11) is 0. The molecule has 2 N–H and O–H groups in total. The zero-order valence-electron chi connectivity index (χ0n) is 19.2. The van der Waals surface area contributed by atoms with Crippen molar-refractivity contribution in [3.05, 3.63) is 66.1 Å². The van der Waals surface area contributed by atoms with Crippen molar-refractivity contribution in [2.75, 3.05) is 18.4 Å². The molecule has 0 aliphatic carbocycles. The predicted molar refractivity (Wildman–Crippen MR) is 126 cm³/mol. The van der Waals surface area contributed by atoms with Crippen LogP contribution >= 0.6 is 0 Å². The summed E-state index contributed by atoms with van der Waals surface area (Å²) >= 11 is 0. The molecule has 2 aromatic carbocycles. The van der Waals surface area contributed by atoms with Gasteiger partial charge in [-0.15, -0.1) is 0 Å². The lowest BCUT2D eigenvalue weighted by atomic mass is 9.96. The van der Waals surface area contributed by atoms with Crippen LogP contribution in [0.5, 0.6) is 0 Å². The molecule has 1 fully saturated rings. The Kier molecular flexibility index (Phi) is 7.01. The molecule has 176 valence electrons. The molecule has 0 bridgehead atoms. The maximum Gasteiger partial charge on any atom is 0.251 e. The van der Waals surface area contributed by atoms with E-state index in [0.29, 0.717) is 48.9 Å². The summed E-state index contributed by atoms with van der Waals surface area (Å²) in [6.45, 7) is 4.27. The fraction of sp³-hybridized carbons (Fsp3) is 0.320. The van der Waals surface area contributed by atoms with Crippen molar-refractivity contribution in [1.29, 1.82) is 0 Å². The van der Waals surface area contributed by atoms with Gasteiger partial charge in [0.15, 0.2) is 0 Å². The van der Waals surface area contributed by atoms with Crippen LogP contribution in [0, 0.1) is 0 Å². The van der Waals surface area contributed by atoms with Gasteiger partial charge in [0, 0.05) is 42.7 Å². The Morgan fingerprint density at radius 3 is 2.35 bits per heavy atom. The summed E-state index contributed by atoms with van der Waals surface area (Å²) in [5, 5.41) is 9.59. The second-order valence-electron chi connectivity index (χ2n) is 8.38. The molecule has 1 aliphatic heterocycles. The van der Waals surface area contributed by atoms with E-state index in [-0.39, 0.29) is 23.6 Å². The van der Waals surface area contributed by atoms with Crippen LogP contribution in [0.2, 0.25) is 0 Å². The smallest absolute Gasteiger partial charge is 0.251 e. The molecule has 3 aromatic rings. The van der Waals surface area contributed by atoms with E-state index in [1.54, 1.807) is 48.2 Å². The Hall–Kier alpha value is -4.01. The van der Waals surface area contributed by atoms with E-state index in [2.05, 4.69) is 20.8 Å². The molecule has 3 amide bonds. The lowest BCUT2D eigenvalue weighted by Gasteiger charge is -2.32. The predicted octanol–water partition coefficient (Wildman–Crippen LogP) is 3.22. The topological polar surface area (TPSA) is 117 Å². The molecule has 4 rings (SSSR count). The van der Waals surface area contributed by atoms with Gasteiger partial charge >= 0.3 is 0 Å². The third-order valence-corrected chi connectivity index (χ3v) is 5.82. The number of carbonyl (C=O) groups excluding carboxylic acids is 3. The molecule has 1 aromatic heterocycles. The first-order valence-corrected chi connectivity index (χ1v) is 11.3. The van der Waals surface area contributed by atoms with Crippen LogP contribution < -0.4 is 10.6 Å². The largest absolute Gasteiger partial charge is 0.341 e. The quantitative estimate of drug-likeness (QED) is 0.582. The number of likely N-dealkylation sites (tertiary alicyclic amines) is 1. The van der Waals surface area contributed by atoms with Gasteiger partial charge in [-0.1, -0.05) is 23.4 Å². The summed E-state index contributed by atoms with van der Waals surface area (Å²) in [6, 6.07) is 15.5. The number of amides is 3. The summed E-state index contributed by atoms with van der Waals surface area (Å²) in [4.78, 5) is 42.6. The lowest BCUT2D eigenvalue weighted by molar-refractivity contribution is -0.134. The lowest BCUT2D eigenvalue weighted by Crippen LogP contribution is -2.49. The van der Waals surface area contributed by atoms with Crippen LogP contribution in [-0.2, 0) is 9.59 Å². The van der Waals surface area contributed by atoms with Crippen molar-refractivity contribution in [2.45, 2.75) is 38.6 Å². The molecule has 9 nitrogen and oxygen atoms in total. The molecule has 9 heteroatoms. The van der Waals surface area contributed by atoms with Gasteiger partial charge in [0.05, 0.1) is 0 Å². The molecular formula is C25H27N5O4. The zero-order chi connectivity index (χ0) is 24.1. The number of carbonyl (C=O) groups is 3. The average Bonchev–Trinajstić information content (AvgIpc) is 3.34. The average molecular weight is 462 g/mol. The van der Waals surface area contributed by atoms with Gasteiger partial charge in [-0.2, -0.15) is 4.98 Å². The maximum absolute atomic E-state index is 12.8. The van der Waals surface area contributed by atoms with E-state index in [9.17, 15) is 14.4 Å². The van der Waals surface area contributed by atoms with Gasteiger partial charge in [-0.3, -0.25) is 14.4 Å². The van der Waals surface area contributed by atoms with Crippen molar-refractivity contribution in [3.63, 3.8) is 0 Å². The monoisotopic (exact) mass is 461 g/mol. The first-order valence-electron chi connectivity index (χ1n) is 11.3. The van der Waals surface area contributed by atoms with E-state index in [4.69, 9.17) is 4.52 Å². The molecule has 1 saturated heterocycles. The van der Waals surface area contributed by atoms with E-state index in [0.717, 1.165) is 5.56 Å². The van der Waals surface area contributed by atoms with Crippen LogP contribution in [-0.4, -0.2) is 51.9 Å². The number of hydrogen-bond acceptors (Lipinski definition) is 6. The normalized spacial score (nSPS) is 14.9. The molecule has 1 aliphatic rings. The van der Waals surface area contributed by atoms with Crippen LogP contribution in [0.25, 0.3) is 11.4 Å². The SMILES string of the molecule is CC(=O)Nc1ccc(-c2noc(C3CCN(C(=O)[C@@H](C)NC(=O)c4ccccc4)CC3)n2)cc1. The number of rotatable bonds is 6. The Morgan fingerprint density at radius 1 is 1.03 bits per heavy atom. The number of aromatic nitrogens is 2. The summed E-state index contributed by atoms with van der Waals surface area (Å²) in [5.41, 5.74) is 2.02. The second-order valence-corrected chi connectivity index (χ2v) is 8.38. The molecule has 1 atom stereocenters. The van der Waals surface area contributed by atoms with E-state index < -0.39 is 6.04 Å². The minimum absolute atomic E-state index is 0.0677. The number of piperidine rings is 1. The molecule has 0 saturated carbocycles. The highest BCUT2D eigenvalue weighted by molar-refractivity contribution is 5.97. The highest BCUT2D eigenvalue weighted by Gasteiger charge is 2.30. The van der Waals surface area contributed by atoms with E-state index in [1.165, 1.54) is 6.92 Å². The van der Waals surface area contributed by atoms with Crippen molar-refractivity contribution in [3.8, 4) is 11.4 Å². The minimum Gasteiger partial charge on any atom is -0.341 e. The molecule has 0 spiro atoms. The first-order chi connectivity index (χ1) is 16.4. The fourth-order valence-corrected chi connectivity index (χ4v) is 3.98. The van der Waals surface area contributed by atoms with Crippen molar-refractivity contribution < 1.29 is 18.9 Å². The van der Waals surface area contributed by atoms with Crippen LogP contribution in [0.1, 0.15) is 48.9 Å². The number of hydrogen-bond donors (Lipinski definition) is 2. The van der Waals surface area contributed by atoms with Gasteiger partial charge in [0.1, 0.15) is 6.04 Å². The number of benzene rings is 2. The van der Waals surface area contributed by atoms with Crippen LogP contribution in [0.3, 0.4) is 0 Å². The molecule has 34 heavy (non-hydrogen) atoms. The van der Waals surface area contributed by atoms with Gasteiger partial charge in [0.2, 0.25) is 23.5 Å². The molecule has 0 unspecified atom stereocenters. The molecule has 0 radical (unpaired) electrons. The van der Waals surface area contributed by atoms with Crippen LogP contribution in [0.15, 0.2) is 59.1 Å². The molecule has 2 heterocycles. The van der Waals surface area contributed by atoms with Crippen molar-refractivity contribution in [1.82, 2.24) is 20.4 Å². The third kappa shape index (κ3) is 5.48. The fourth-order valence-electron chi connectivity index (χ4n) is 3.98. The Balaban J connectivity index is 1.30. The molecular weight excluding hydrogens is 434 g/mol. The van der Waals surface area contributed by atoms with Crippen molar-refractivity contribution >= 4 is 23.4 Å². The second kappa shape index (κ2) is 10.3. The summed E-state index contributed by atoms with van der Waals surface area (Å²) < 4.78 is 5.51. The number of nitrogens with zero attached hydrogens (tertiary/aromatic N) is 3. The van der Waals surface area contributed by atoms with Gasteiger partial charge in [0.25, 0.3) is 5.91 Å². The van der Waals surface area contributed by atoms with Gasteiger partial charge in [-0.05, 0) is 56.2 Å². The van der Waals surface area contributed by atoms with E-state index in [1.807, 2.05) is 18.2 Å². The zero-order valence-corrected chi connectivity index (χ0v) is 19.2. The minimum atomic E-state index is -0.611. The van der Waals surface area contributed by atoms with Gasteiger partial charge < -0.3 is 20.1 Å². The highest BCUT2D eigenvalue weighted by Crippen LogP contribution is 2.29. The first kappa shape index (κ1) is 23.2. The van der Waals surface area contributed by atoms with E-state index >= 15 is 0 Å². The Labute approximate surface area is 197 Å². The summed E-state index contributed by atoms with van der Waals surface area (Å²) in [5.74, 6) is 0.609. The third-order valence-electron chi connectivity index (χ3n) is 5.82. The standard InChI is InChI=1S/C25H27N5O4/c1-16(26-23(32)19-6-4-3-5-7-19)25(33)30-14-12-20(13-15-30)24-28-22(29-34-24)18-8-10-21(11-9-18)27-17(2)31/h3-11,16,20H,12-15H2,1-2H3,(H,26,32)(H,27,31)/t16-/m1/s1. The summed E-state index contributed by atoms with van der Waals surface area (Å²) in [6.07, 6.45) is 1.41. The van der Waals surface area contributed by atoms with Crippen LogP contribution in [0.4, 0.5) is 5.69 Å². The number of nitrogens with one attached hydrogen (secondary N) is 2.